The van der Waals surface area contributed by atoms with Gasteiger partial charge in [0.1, 0.15) is 5.82 Å². The van der Waals surface area contributed by atoms with Gasteiger partial charge in [0.05, 0.1) is 5.69 Å². The van der Waals surface area contributed by atoms with Crippen LogP contribution in [-0.4, -0.2) is 25.7 Å². The fourth-order valence-electron chi connectivity index (χ4n) is 3.25. The molecule has 24 heavy (non-hydrogen) atoms. The maximum absolute atomic E-state index is 12.3. The minimum Gasteiger partial charge on any atom is -0.310 e. The van der Waals surface area contributed by atoms with Gasteiger partial charge in [-0.15, -0.1) is 0 Å². The van der Waals surface area contributed by atoms with E-state index >= 15 is 0 Å². The van der Waals surface area contributed by atoms with Crippen molar-refractivity contribution in [3.05, 3.63) is 51.1 Å². The van der Waals surface area contributed by atoms with Crippen molar-refractivity contribution in [1.29, 1.82) is 0 Å². The number of rotatable bonds is 2. The second-order valence-corrected chi connectivity index (χ2v) is 6.85. The molecule has 0 bridgehead atoms. The number of amides is 1. The summed E-state index contributed by atoms with van der Waals surface area (Å²) in [6.45, 7) is 5.82. The van der Waals surface area contributed by atoms with E-state index in [2.05, 4.69) is 31.8 Å². The summed E-state index contributed by atoms with van der Waals surface area (Å²) in [7, 11) is 0. The summed E-state index contributed by atoms with van der Waals surface area (Å²) in [6.07, 6.45) is 0.434. The van der Waals surface area contributed by atoms with E-state index in [4.69, 9.17) is 0 Å². The van der Waals surface area contributed by atoms with E-state index in [-0.39, 0.29) is 11.8 Å². The first-order chi connectivity index (χ1) is 11.5. The Morgan fingerprint density at radius 1 is 1.25 bits per heavy atom. The average Bonchev–Trinajstić information content (AvgIpc) is 3.14. The van der Waals surface area contributed by atoms with Crippen molar-refractivity contribution in [2.24, 2.45) is 0 Å². The number of anilines is 1. The van der Waals surface area contributed by atoms with Gasteiger partial charge in [-0.2, -0.15) is 21.1 Å². The molecule has 3 aromatic heterocycles. The predicted octanol–water partition coefficient (Wildman–Crippen LogP) is 3.12. The highest BCUT2D eigenvalue weighted by Crippen LogP contribution is 2.40. The normalized spacial score (nSPS) is 16.8. The van der Waals surface area contributed by atoms with Crippen LogP contribution in [0.25, 0.3) is 5.95 Å². The van der Waals surface area contributed by atoms with Crippen molar-refractivity contribution in [1.82, 2.24) is 19.7 Å². The molecule has 0 spiro atoms. The quantitative estimate of drug-likeness (QED) is 0.778. The Morgan fingerprint density at radius 3 is 2.67 bits per heavy atom. The zero-order valence-corrected chi connectivity index (χ0v) is 14.5. The van der Waals surface area contributed by atoms with Crippen molar-refractivity contribution in [2.75, 3.05) is 5.32 Å². The molecule has 4 heterocycles. The first-order valence-electron chi connectivity index (χ1n) is 7.77. The summed E-state index contributed by atoms with van der Waals surface area (Å²) in [5, 5.41) is 11.7. The molecule has 6 nitrogen and oxygen atoms in total. The van der Waals surface area contributed by atoms with E-state index in [9.17, 15) is 4.79 Å². The van der Waals surface area contributed by atoms with Crippen LogP contribution in [0.1, 0.15) is 40.5 Å². The summed E-state index contributed by atoms with van der Waals surface area (Å²) < 4.78 is 1.65. The SMILES string of the molecule is Cc1cc(C)nc(-n2nc(C)c3c2NC(=O)CC3c2ccsc2)n1. The lowest BCUT2D eigenvalue weighted by molar-refractivity contribution is -0.116. The predicted molar refractivity (Wildman–Crippen MR) is 92.8 cm³/mol. The number of carbonyl (C=O) groups is 1. The molecule has 0 aromatic carbocycles. The monoisotopic (exact) mass is 339 g/mol. The van der Waals surface area contributed by atoms with Gasteiger partial charge in [0.25, 0.3) is 5.95 Å². The molecule has 122 valence electrons. The topological polar surface area (TPSA) is 72.7 Å². The Kier molecular flexibility index (Phi) is 3.45. The zero-order chi connectivity index (χ0) is 16.8. The summed E-state index contributed by atoms with van der Waals surface area (Å²) in [5.41, 5.74) is 4.84. The maximum atomic E-state index is 12.3. The Balaban J connectivity index is 1.91. The summed E-state index contributed by atoms with van der Waals surface area (Å²) in [6, 6.07) is 3.99. The second-order valence-electron chi connectivity index (χ2n) is 6.07. The lowest BCUT2D eigenvalue weighted by Crippen LogP contribution is -2.25. The molecule has 7 heteroatoms. The third-order valence-corrected chi connectivity index (χ3v) is 4.91. The standard InChI is InChI=1S/C17H17N5OS/c1-9-6-10(2)19-17(18-9)22-16-15(11(3)21-22)13(7-14(23)20-16)12-4-5-24-8-12/h4-6,8,13H,7H2,1-3H3,(H,20,23). The first kappa shape index (κ1) is 15.0. The lowest BCUT2D eigenvalue weighted by atomic mass is 9.87. The molecule has 1 aliphatic rings. The van der Waals surface area contributed by atoms with Gasteiger partial charge in [-0.3, -0.25) is 4.79 Å². The van der Waals surface area contributed by atoms with Gasteiger partial charge in [0.2, 0.25) is 5.91 Å². The number of carbonyl (C=O) groups excluding carboxylic acids is 1. The molecule has 1 amide bonds. The molecule has 0 fully saturated rings. The number of fused-ring (bicyclic) bond motifs is 1. The second kappa shape index (κ2) is 5.52. The van der Waals surface area contributed by atoms with Crippen LogP contribution < -0.4 is 5.32 Å². The van der Waals surface area contributed by atoms with Crippen molar-refractivity contribution in [3.8, 4) is 5.95 Å². The highest BCUT2D eigenvalue weighted by atomic mass is 32.1. The van der Waals surface area contributed by atoms with Crippen molar-refractivity contribution >= 4 is 23.1 Å². The maximum Gasteiger partial charge on any atom is 0.252 e. The number of hydrogen-bond donors (Lipinski definition) is 1. The highest BCUT2D eigenvalue weighted by Gasteiger charge is 2.33. The van der Waals surface area contributed by atoms with Gasteiger partial charge in [-0.1, -0.05) is 0 Å². The van der Waals surface area contributed by atoms with Crippen LogP contribution in [0.5, 0.6) is 0 Å². The van der Waals surface area contributed by atoms with Crippen LogP contribution in [0.4, 0.5) is 5.82 Å². The number of aryl methyl sites for hydroxylation is 3. The first-order valence-corrected chi connectivity index (χ1v) is 8.71. The third-order valence-electron chi connectivity index (χ3n) is 4.21. The van der Waals surface area contributed by atoms with E-state index in [0.29, 0.717) is 18.2 Å². The molecule has 0 radical (unpaired) electrons. The molecule has 0 saturated carbocycles. The molecule has 1 aliphatic heterocycles. The zero-order valence-electron chi connectivity index (χ0n) is 13.7. The molecule has 0 saturated heterocycles. The molecular formula is C17H17N5OS. The third kappa shape index (κ3) is 2.41. The summed E-state index contributed by atoms with van der Waals surface area (Å²) in [5.74, 6) is 1.19. The minimum atomic E-state index is -0.00998. The lowest BCUT2D eigenvalue weighted by Gasteiger charge is -2.23. The van der Waals surface area contributed by atoms with E-state index in [1.54, 1.807) is 16.0 Å². The van der Waals surface area contributed by atoms with Gasteiger partial charge < -0.3 is 5.32 Å². The van der Waals surface area contributed by atoms with Crippen LogP contribution in [0.2, 0.25) is 0 Å². The van der Waals surface area contributed by atoms with E-state index in [1.807, 2.05) is 32.2 Å². The van der Waals surface area contributed by atoms with Crippen molar-refractivity contribution in [3.63, 3.8) is 0 Å². The number of aromatic nitrogens is 4. The average molecular weight is 339 g/mol. The number of thiophene rings is 1. The van der Waals surface area contributed by atoms with Crippen LogP contribution in [0.15, 0.2) is 22.9 Å². The number of nitrogens with one attached hydrogen (secondary N) is 1. The highest BCUT2D eigenvalue weighted by molar-refractivity contribution is 7.08. The van der Waals surface area contributed by atoms with Crippen LogP contribution in [0.3, 0.4) is 0 Å². The Labute approximate surface area is 143 Å². The molecule has 0 aliphatic carbocycles. The summed E-state index contributed by atoms with van der Waals surface area (Å²) in [4.78, 5) is 21.2. The van der Waals surface area contributed by atoms with Crippen LogP contribution in [-0.2, 0) is 4.79 Å². The van der Waals surface area contributed by atoms with Crippen LogP contribution >= 0.6 is 11.3 Å². The van der Waals surface area contributed by atoms with Crippen LogP contribution in [0, 0.1) is 20.8 Å². The van der Waals surface area contributed by atoms with Gasteiger partial charge in [-0.25, -0.2) is 9.97 Å². The number of hydrogen-bond acceptors (Lipinski definition) is 5. The Morgan fingerprint density at radius 2 is 2.00 bits per heavy atom. The van der Waals surface area contributed by atoms with E-state index < -0.39 is 0 Å². The Hall–Kier alpha value is -2.54. The molecule has 1 unspecified atom stereocenters. The molecule has 4 rings (SSSR count). The largest absolute Gasteiger partial charge is 0.310 e. The van der Waals surface area contributed by atoms with Gasteiger partial charge >= 0.3 is 0 Å². The van der Waals surface area contributed by atoms with Crippen molar-refractivity contribution < 1.29 is 4.79 Å². The van der Waals surface area contributed by atoms with Gasteiger partial charge in [0.15, 0.2) is 0 Å². The van der Waals surface area contributed by atoms with Gasteiger partial charge in [0, 0.05) is 29.3 Å². The molecular weight excluding hydrogens is 322 g/mol. The Bertz CT molecular complexity index is 909. The van der Waals surface area contributed by atoms with Gasteiger partial charge in [-0.05, 0) is 49.2 Å². The van der Waals surface area contributed by atoms with E-state index in [0.717, 1.165) is 28.2 Å². The minimum absolute atomic E-state index is 0.00998. The molecule has 1 N–H and O–H groups in total. The fraction of sp³-hybridized carbons (Fsp3) is 0.294. The summed E-state index contributed by atoms with van der Waals surface area (Å²) >= 11 is 1.64. The van der Waals surface area contributed by atoms with Crippen molar-refractivity contribution in [2.45, 2.75) is 33.1 Å². The van der Waals surface area contributed by atoms with E-state index in [1.165, 1.54) is 0 Å². The molecule has 1 atom stereocenters. The number of nitrogens with zero attached hydrogens (tertiary/aromatic N) is 4. The molecule has 3 aromatic rings. The fourth-order valence-corrected chi connectivity index (χ4v) is 3.97. The smallest absolute Gasteiger partial charge is 0.252 e.